The number of hydrogen-bond donors (Lipinski definition) is 1. The van der Waals surface area contributed by atoms with Crippen molar-refractivity contribution in [2.45, 2.75) is 31.7 Å². The zero-order chi connectivity index (χ0) is 21.8. The molecular weight excluding hydrogens is 400 g/mol. The molecule has 2 aromatic rings. The highest BCUT2D eigenvalue weighted by atomic mass is 32.2. The molecule has 0 saturated heterocycles. The van der Waals surface area contributed by atoms with Gasteiger partial charge in [-0.15, -0.1) is 0 Å². The summed E-state index contributed by atoms with van der Waals surface area (Å²) in [6.07, 6.45) is 0. The van der Waals surface area contributed by atoms with Gasteiger partial charge in [0.25, 0.3) is 5.91 Å². The molecule has 29 heavy (non-hydrogen) atoms. The second-order valence-electron chi connectivity index (χ2n) is 6.27. The average molecular weight is 421 g/mol. The van der Waals surface area contributed by atoms with E-state index in [2.05, 4.69) is 5.32 Å². The van der Waals surface area contributed by atoms with Crippen molar-refractivity contribution >= 4 is 15.9 Å². The van der Waals surface area contributed by atoms with Crippen molar-refractivity contribution in [2.24, 2.45) is 0 Å². The third-order valence-corrected chi connectivity index (χ3v) is 6.64. The fourth-order valence-electron chi connectivity index (χ4n) is 2.85. The van der Waals surface area contributed by atoms with Gasteiger partial charge in [0.05, 0.1) is 11.0 Å². The predicted molar refractivity (Wildman–Crippen MR) is 103 cm³/mol. The first-order valence-electron chi connectivity index (χ1n) is 8.91. The summed E-state index contributed by atoms with van der Waals surface area (Å²) in [5.41, 5.74) is 0.282. The lowest BCUT2D eigenvalue weighted by molar-refractivity contribution is 0.0944. The van der Waals surface area contributed by atoms with E-state index in [1.165, 1.54) is 22.5 Å². The van der Waals surface area contributed by atoms with Crippen molar-refractivity contribution in [3.05, 3.63) is 64.7 Å². The van der Waals surface area contributed by atoms with E-state index in [0.717, 1.165) is 12.1 Å². The lowest BCUT2D eigenvalue weighted by Crippen LogP contribution is -2.32. The minimum Gasteiger partial charge on any atom is -0.332 e. The Hall–Kier alpha value is -2.83. The van der Waals surface area contributed by atoms with Gasteiger partial charge in [0.1, 0.15) is 17.7 Å². The first-order valence-corrected chi connectivity index (χ1v) is 10.4. The van der Waals surface area contributed by atoms with Crippen molar-refractivity contribution in [2.75, 3.05) is 13.1 Å². The Balaban J connectivity index is 2.38. The van der Waals surface area contributed by atoms with Gasteiger partial charge >= 0.3 is 0 Å². The zero-order valence-electron chi connectivity index (χ0n) is 16.2. The van der Waals surface area contributed by atoms with Gasteiger partial charge in [-0.3, -0.25) is 4.79 Å². The topological polar surface area (TPSA) is 90.3 Å². The molecule has 154 valence electrons. The summed E-state index contributed by atoms with van der Waals surface area (Å²) in [6.45, 7) is 5.58. The zero-order valence-corrected chi connectivity index (χ0v) is 17.1. The number of benzene rings is 2. The Morgan fingerprint density at radius 3 is 2.38 bits per heavy atom. The summed E-state index contributed by atoms with van der Waals surface area (Å²) in [7, 11) is -3.80. The molecule has 2 aromatic carbocycles. The molecule has 0 aromatic heterocycles. The summed E-state index contributed by atoms with van der Waals surface area (Å²) in [4.78, 5) is 12.6. The molecule has 0 aliphatic heterocycles. The standard InChI is InChI=1S/C20H21F2N3O3S/c1-4-25(5-2)29(27,28)19-10-14(7-6-13(19)3)20(26)24-18(12-23)16-9-8-15(21)11-17(16)22/h6-11,18H,4-5H2,1-3H3,(H,24,26). The lowest BCUT2D eigenvalue weighted by Gasteiger charge is -2.20. The number of carbonyl (C=O) groups is 1. The molecule has 0 aliphatic carbocycles. The van der Waals surface area contributed by atoms with Crippen LogP contribution in [0.25, 0.3) is 0 Å². The minimum atomic E-state index is -3.80. The van der Waals surface area contributed by atoms with Gasteiger partial charge in [-0.1, -0.05) is 26.0 Å². The minimum absolute atomic E-state index is 0.00380. The lowest BCUT2D eigenvalue weighted by atomic mass is 10.1. The van der Waals surface area contributed by atoms with Crippen molar-refractivity contribution < 1.29 is 22.0 Å². The smallest absolute Gasteiger partial charge is 0.252 e. The second-order valence-corrected chi connectivity index (χ2v) is 8.18. The van der Waals surface area contributed by atoms with E-state index in [9.17, 15) is 27.3 Å². The maximum absolute atomic E-state index is 14.0. The highest BCUT2D eigenvalue weighted by Crippen LogP contribution is 2.23. The number of aryl methyl sites for hydroxylation is 1. The van der Waals surface area contributed by atoms with Crippen molar-refractivity contribution in [3.63, 3.8) is 0 Å². The third-order valence-electron chi connectivity index (χ3n) is 4.45. The molecule has 0 bridgehead atoms. The number of carbonyl (C=O) groups excluding carboxylic acids is 1. The average Bonchev–Trinajstić information content (AvgIpc) is 2.67. The molecule has 1 unspecified atom stereocenters. The van der Waals surface area contributed by atoms with E-state index in [1.54, 1.807) is 26.8 Å². The molecule has 0 saturated carbocycles. The number of amides is 1. The summed E-state index contributed by atoms with van der Waals surface area (Å²) in [5, 5.41) is 11.6. The maximum Gasteiger partial charge on any atom is 0.252 e. The van der Waals surface area contributed by atoms with Gasteiger partial charge in [0.15, 0.2) is 0 Å². The summed E-state index contributed by atoms with van der Waals surface area (Å²) in [6, 6.07) is 7.19. The molecule has 0 radical (unpaired) electrons. The highest BCUT2D eigenvalue weighted by molar-refractivity contribution is 7.89. The van der Waals surface area contributed by atoms with E-state index in [1.807, 2.05) is 0 Å². The van der Waals surface area contributed by atoms with Crippen LogP contribution in [0.5, 0.6) is 0 Å². The molecule has 1 atom stereocenters. The fraction of sp³-hybridized carbons (Fsp3) is 0.300. The van der Waals surface area contributed by atoms with Gasteiger partial charge in [0.2, 0.25) is 10.0 Å². The van der Waals surface area contributed by atoms with Crippen LogP contribution in [0.1, 0.15) is 41.4 Å². The Morgan fingerprint density at radius 2 is 1.83 bits per heavy atom. The monoisotopic (exact) mass is 421 g/mol. The molecule has 1 N–H and O–H groups in total. The molecular formula is C20H21F2N3O3S. The Bertz CT molecular complexity index is 1060. The van der Waals surface area contributed by atoms with E-state index in [-0.39, 0.29) is 29.1 Å². The van der Waals surface area contributed by atoms with Gasteiger partial charge in [-0.2, -0.15) is 9.57 Å². The van der Waals surface area contributed by atoms with Crippen LogP contribution in [0, 0.1) is 29.9 Å². The first-order chi connectivity index (χ1) is 13.6. The first kappa shape index (κ1) is 22.5. The molecule has 6 nitrogen and oxygen atoms in total. The molecule has 0 heterocycles. The van der Waals surface area contributed by atoms with Crippen molar-refractivity contribution in [1.82, 2.24) is 9.62 Å². The largest absolute Gasteiger partial charge is 0.332 e. The van der Waals surface area contributed by atoms with E-state index in [4.69, 9.17) is 0 Å². The third kappa shape index (κ3) is 4.78. The second kappa shape index (κ2) is 9.11. The van der Waals surface area contributed by atoms with E-state index in [0.29, 0.717) is 11.6 Å². The Labute approximate surface area is 168 Å². The van der Waals surface area contributed by atoms with Crippen molar-refractivity contribution in [1.29, 1.82) is 5.26 Å². The molecule has 0 spiro atoms. The van der Waals surface area contributed by atoms with Crippen LogP contribution in [-0.2, 0) is 10.0 Å². The SMILES string of the molecule is CCN(CC)S(=O)(=O)c1cc(C(=O)NC(C#N)c2ccc(F)cc2F)ccc1C. The van der Waals surface area contributed by atoms with Gasteiger partial charge in [0, 0.05) is 30.3 Å². The van der Waals surface area contributed by atoms with Crippen LogP contribution in [0.4, 0.5) is 8.78 Å². The summed E-state index contributed by atoms with van der Waals surface area (Å²) < 4.78 is 54.0. The van der Waals surface area contributed by atoms with Crippen LogP contribution in [-0.4, -0.2) is 31.7 Å². The van der Waals surface area contributed by atoms with Crippen LogP contribution in [0.2, 0.25) is 0 Å². The number of nitriles is 1. The fourth-order valence-corrected chi connectivity index (χ4v) is 4.56. The van der Waals surface area contributed by atoms with E-state index >= 15 is 0 Å². The maximum atomic E-state index is 14.0. The normalized spacial score (nSPS) is 12.4. The van der Waals surface area contributed by atoms with E-state index < -0.39 is 33.6 Å². The van der Waals surface area contributed by atoms with Gasteiger partial charge < -0.3 is 5.32 Å². The molecule has 0 fully saturated rings. The number of nitrogens with zero attached hydrogens (tertiary/aromatic N) is 2. The Kier molecular flexibility index (Phi) is 7.06. The molecule has 2 rings (SSSR count). The Morgan fingerprint density at radius 1 is 1.17 bits per heavy atom. The van der Waals surface area contributed by atoms with Crippen LogP contribution >= 0.6 is 0 Å². The quantitative estimate of drug-likeness (QED) is 0.743. The summed E-state index contributed by atoms with van der Waals surface area (Å²) >= 11 is 0. The number of hydrogen-bond acceptors (Lipinski definition) is 4. The number of nitrogens with one attached hydrogen (secondary N) is 1. The molecule has 9 heteroatoms. The van der Waals surface area contributed by atoms with Crippen LogP contribution in [0.3, 0.4) is 0 Å². The summed E-state index contributed by atoms with van der Waals surface area (Å²) in [5.74, 6) is -2.53. The highest BCUT2D eigenvalue weighted by Gasteiger charge is 2.25. The van der Waals surface area contributed by atoms with Crippen molar-refractivity contribution in [3.8, 4) is 6.07 Å². The van der Waals surface area contributed by atoms with Crippen LogP contribution < -0.4 is 5.32 Å². The number of sulfonamides is 1. The molecule has 1 amide bonds. The molecule has 0 aliphatic rings. The predicted octanol–water partition coefficient (Wildman–Crippen LogP) is 3.30. The number of halogens is 2. The van der Waals surface area contributed by atoms with Gasteiger partial charge in [-0.05, 0) is 30.7 Å². The number of rotatable bonds is 7. The van der Waals surface area contributed by atoms with Gasteiger partial charge in [-0.25, -0.2) is 17.2 Å². The van der Waals surface area contributed by atoms with Crippen LogP contribution in [0.15, 0.2) is 41.3 Å².